The van der Waals surface area contributed by atoms with Crippen molar-refractivity contribution in [1.29, 1.82) is 0 Å². The number of ketones is 1. The topological polar surface area (TPSA) is 53.5 Å². The average molecular weight is 303 g/mol. The molecule has 2 rings (SSSR count). The van der Waals surface area contributed by atoms with Gasteiger partial charge in [-0.15, -0.1) is 0 Å². The highest BCUT2D eigenvalue weighted by molar-refractivity contribution is 7.80. The van der Waals surface area contributed by atoms with Gasteiger partial charge in [-0.2, -0.15) is 5.10 Å². The van der Waals surface area contributed by atoms with Crippen LogP contribution >= 0.6 is 12.2 Å². The Kier molecular flexibility index (Phi) is 4.73. The van der Waals surface area contributed by atoms with Gasteiger partial charge in [-0.25, -0.2) is 0 Å². The van der Waals surface area contributed by atoms with E-state index in [2.05, 4.69) is 29.7 Å². The molecule has 5 heteroatoms. The lowest BCUT2D eigenvalue weighted by atomic mass is 9.76. The molecule has 0 radical (unpaired) electrons. The summed E-state index contributed by atoms with van der Waals surface area (Å²) in [5.41, 5.74) is 5.79. The molecule has 1 aromatic carbocycles. The molecule has 0 spiro atoms. The predicted molar refractivity (Wildman–Crippen MR) is 90.6 cm³/mol. The van der Waals surface area contributed by atoms with Crippen LogP contribution in [0.15, 0.2) is 29.4 Å². The maximum absolute atomic E-state index is 11.7. The number of aryl methyl sites for hydroxylation is 1. The van der Waals surface area contributed by atoms with E-state index in [0.717, 1.165) is 17.8 Å². The van der Waals surface area contributed by atoms with Crippen LogP contribution in [0, 0.1) is 12.3 Å². The van der Waals surface area contributed by atoms with Crippen LogP contribution in [0.5, 0.6) is 0 Å². The smallest absolute Gasteiger partial charge is 0.191 e. The van der Waals surface area contributed by atoms with E-state index >= 15 is 0 Å². The molecule has 2 N–H and O–H groups in total. The number of hydrazone groups is 1. The van der Waals surface area contributed by atoms with E-state index < -0.39 is 0 Å². The van der Waals surface area contributed by atoms with Crippen molar-refractivity contribution in [3.63, 3.8) is 0 Å². The maximum Gasteiger partial charge on any atom is 0.191 e. The minimum Gasteiger partial charge on any atom is -0.331 e. The van der Waals surface area contributed by atoms with Crippen LogP contribution in [0.2, 0.25) is 0 Å². The zero-order chi connectivity index (χ0) is 15.5. The number of carbonyl (C=O) groups is 1. The van der Waals surface area contributed by atoms with Crippen LogP contribution in [0.1, 0.15) is 38.7 Å². The first-order valence-corrected chi connectivity index (χ1v) is 7.46. The van der Waals surface area contributed by atoms with Crippen molar-refractivity contribution in [2.75, 3.05) is 5.32 Å². The lowest BCUT2D eigenvalue weighted by Gasteiger charge is -2.29. The van der Waals surface area contributed by atoms with Crippen LogP contribution in [-0.4, -0.2) is 16.6 Å². The Bertz CT molecular complexity index is 576. The summed E-state index contributed by atoms with van der Waals surface area (Å²) < 4.78 is 0. The highest BCUT2D eigenvalue weighted by Gasteiger charge is 2.30. The fraction of sp³-hybridized carbons (Fsp3) is 0.438. The van der Waals surface area contributed by atoms with Gasteiger partial charge >= 0.3 is 0 Å². The van der Waals surface area contributed by atoms with Gasteiger partial charge in [-0.1, -0.05) is 31.5 Å². The number of rotatable bonds is 2. The van der Waals surface area contributed by atoms with Crippen LogP contribution in [-0.2, 0) is 4.79 Å². The summed E-state index contributed by atoms with van der Waals surface area (Å²) in [6.45, 7) is 6.21. The van der Waals surface area contributed by atoms with Gasteiger partial charge < -0.3 is 5.32 Å². The fourth-order valence-electron chi connectivity index (χ4n) is 2.51. The molecule has 1 saturated carbocycles. The summed E-state index contributed by atoms with van der Waals surface area (Å²) in [4.78, 5) is 11.7. The largest absolute Gasteiger partial charge is 0.331 e. The molecule has 112 valence electrons. The molecule has 0 unspecified atom stereocenters. The number of hydrogen-bond acceptors (Lipinski definition) is 3. The summed E-state index contributed by atoms with van der Waals surface area (Å²) in [6, 6.07) is 7.95. The van der Waals surface area contributed by atoms with E-state index in [4.69, 9.17) is 12.2 Å². The highest BCUT2D eigenvalue weighted by Crippen LogP contribution is 2.31. The molecule has 0 saturated heterocycles. The molecule has 0 aromatic heterocycles. The van der Waals surface area contributed by atoms with Gasteiger partial charge in [-0.05, 0) is 43.1 Å². The SMILES string of the molecule is Cc1ccc(NC(=S)N/N=C2\CC(=O)CC(C)(C)C2)cc1. The van der Waals surface area contributed by atoms with Crippen molar-refractivity contribution in [2.45, 2.75) is 40.0 Å². The predicted octanol–water partition coefficient (Wildman–Crippen LogP) is 3.42. The van der Waals surface area contributed by atoms with Crippen molar-refractivity contribution >= 4 is 34.5 Å². The zero-order valence-corrected chi connectivity index (χ0v) is 13.5. The van der Waals surface area contributed by atoms with Crippen molar-refractivity contribution in [3.8, 4) is 0 Å². The van der Waals surface area contributed by atoms with Gasteiger partial charge in [0.1, 0.15) is 5.78 Å². The molecule has 4 nitrogen and oxygen atoms in total. The van der Waals surface area contributed by atoms with E-state index in [1.807, 2.05) is 31.2 Å². The summed E-state index contributed by atoms with van der Waals surface area (Å²) in [7, 11) is 0. The highest BCUT2D eigenvalue weighted by atomic mass is 32.1. The van der Waals surface area contributed by atoms with Gasteiger partial charge in [0.2, 0.25) is 0 Å². The number of hydrogen-bond donors (Lipinski definition) is 2. The number of benzene rings is 1. The first kappa shape index (κ1) is 15.6. The van der Waals surface area contributed by atoms with Gasteiger partial charge in [0, 0.05) is 24.2 Å². The molecule has 1 aliphatic rings. The monoisotopic (exact) mass is 303 g/mol. The molecule has 1 aliphatic carbocycles. The van der Waals surface area contributed by atoms with Gasteiger partial charge in [-0.3, -0.25) is 10.2 Å². The second-order valence-electron chi connectivity index (χ2n) is 6.34. The fourth-order valence-corrected chi connectivity index (χ4v) is 2.67. The number of carbonyl (C=O) groups excluding carboxylic acids is 1. The number of Topliss-reactive ketones (excluding diaryl/α,β-unsaturated/α-hetero) is 1. The molecule has 0 atom stereocenters. The first-order chi connectivity index (χ1) is 9.84. The Balaban J connectivity index is 1.92. The van der Waals surface area contributed by atoms with Crippen LogP contribution in [0.25, 0.3) is 0 Å². The van der Waals surface area contributed by atoms with Crippen LogP contribution in [0.3, 0.4) is 0 Å². The van der Waals surface area contributed by atoms with E-state index in [-0.39, 0.29) is 11.2 Å². The second kappa shape index (κ2) is 6.35. The molecule has 0 heterocycles. The Labute approximate surface area is 131 Å². The second-order valence-corrected chi connectivity index (χ2v) is 6.75. The van der Waals surface area contributed by atoms with Crippen LogP contribution in [0.4, 0.5) is 5.69 Å². The van der Waals surface area contributed by atoms with E-state index in [9.17, 15) is 4.79 Å². The Morgan fingerprint density at radius 2 is 1.90 bits per heavy atom. The third-order valence-corrected chi connectivity index (χ3v) is 3.58. The molecule has 21 heavy (non-hydrogen) atoms. The van der Waals surface area contributed by atoms with Crippen LogP contribution < -0.4 is 10.7 Å². The Morgan fingerprint density at radius 3 is 2.52 bits per heavy atom. The maximum atomic E-state index is 11.7. The first-order valence-electron chi connectivity index (χ1n) is 7.05. The Morgan fingerprint density at radius 1 is 1.24 bits per heavy atom. The normalized spacial score (nSPS) is 19.4. The molecular weight excluding hydrogens is 282 g/mol. The van der Waals surface area contributed by atoms with E-state index in [1.165, 1.54) is 5.56 Å². The molecular formula is C16H21N3OS. The number of anilines is 1. The van der Waals surface area contributed by atoms with Gasteiger partial charge in [0.05, 0.1) is 0 Å². The average Bonchev–Trinajstić information content (AvgIpc) is 2.37. The zero-order valence-electron chi connectivity index (χ0n) is 12.7. The van der Waals surface area contributed by atoms with Gasteiger partial charge in [0.15, 0.2) is 5.11 Å². The molecule has 1 aromatic rings. The standard InChI is InChI=1S/C16H21N3OS/c1-11-4-6-12(7-5-11)17-15(21)19-18-13-8-14(20)10-16(2,3)9-13/h4-7H,8-10H2,1-3H3,(H2,17,19,21)/b18-13+. The third kappa shape index (κ3) is 4.93. The third-order valence-electron chi connectivity index (χ3n) is 3.38. The van der Waals surface area contributed by atoms with Crippen molar-refractivity contribution < 1.29 is 4.79 Å². The summed E-state index contributed by atoms with van der Waals surface area (Å²) >= 11 is 5.21. The lowest BCUT2D eigenvalue weighted by Crippen LogP contribution is -2.32. The van der Waals surface area contributed by atoms with Gasteiger partial charge in [0.25, 0.3) is 0 Å². The number of nitrogens with one attached hydrogen (secondary N) is 2. The number of nitrogens with zero attached hydrogens (tertiary/aromatic N) is 1. The molecule has 0 aliphatic heterocycles. The van der Waals surface area contributed by atoms with E-state index in [1.54, 1.807) is 0 Å². The quantitative estimate of drug-likeness (QED) is 0.649. The number of thiocarbonyl (C=S) groups is 1. The minimum absolute atomic E-state index is 0.0121. The van der Waals surface area contributed by atoms with Crippen molar-refractivity contribution in [1.82, 2.24) is 5.43 Å². The summed E-state index contributed by atoms with van der Waals surface area (Å²) in [5.74, 6) is 0.240. The summed E-state index contributed by atoms with van der Waals surface area (Å²) in [6.07, 6.45) is 1.86. The minimum atomic E-state index is -0.0121. The molecule has 0 amide bonds. The Hall–Kier alpha value is -1.75. The summed E-state index contributed by atoms with van der Waals surface area (Å²) in [5, 5.41) is 7.79. The van der Waals surface area contributed by atoms with Crippen molar-refractivity contribution in [3.05, 3.63) is 29.8 Å². The molecule has 0 bridgehead atoms. The van der Waals surface area contributed by atoms with Crippen molar-refractivity contribution in [2.24, 2.45) is 10.5 Å². The van der Waals surface area contributed by atoms with E-state index in [0.29, 0.717) is 18.0 Å². The molecule has 1 fully saturated rings. The lowest BCUT2D eigenvalue weighted by molar-refractivity contribution is -0.120.